The maximum Gasteiger partial charge on any atom is 0.387 e. The van der Waals surface area contributed by atoms with Crippen molar-refractivity contribution in [1.82, 2.24) is 5.32 Å². The summed E-state index contributed by atoms with van der Waals surface area (Å²) in [5, 5.41) is 3.44. The second-order valence-corrected chi connectivity index (χ2v) is 4.95. The lowest BCUT2D eigenvalue weighted by Crippen LogP contribution is -2.22. The molecule has 1 aromatic carbocycles. The van der Waals surface area contributed by atoms with Crippen LogP contribution in [0, 0.1) is 0 Å². The third-order valence-electron chi connectivity index (χ3n) is 2.99. The Morgan fingerprint density at radius 1 is 1.40 bits per heavy atom. The van der Waals surface area contributed by atoms with Crippen molar-refractivity contribution in [2.45, 2.75) is 45.8 Å². The first kappa shape index (κ1) is 16.6. The number of allylic oxidation sites excluding steroid dienone is 1. The van der Waals surface area contributed by atoms with Crippen LogP contribution in [0.25, 0.3) is 0 Å². The molecule has 0 radical (unpaired) electrons. The quantitative estimate of drug-likeness (QED) is 0.664. The zero-order valence-electron chi connectivity index (χ0n) is 12.2. The number of benzene rings is 1. The highest BCUT2D eigenvalue weighted by atomic mass is 19.3. The fourth-order valence-corrected chi connectivity index (χ4v) is 2.00. The molecule has 0 amide bonds. The van der Waals surface area contributed by atoms with E-state index in [9.17, 15) is 8.78 Å². The molecule has 0 aliphatic carbocycles. The third-order valence-corrected chi connectivity index (χ3v) is 2.99. The van der Waals surface area contributed by atoms with Crippen LogP contribution in [0.3, 0.4) is 0 Å². The second kappa shape index (κ2) is 8.69. The number of hydrogen-bond acceptors (Lipinski definition) is 2. The van der Waals surface area contributed by atoms with E-state index in [0.717, 1.165) is 36.9 Å². The number of ether oxygens (including phenoxy) is 1. The number of nitrogens with one attached hydrogen (secondary N) is 1. The van der Waals surface area contributed by atoms with Crippen molar-refractivity contribution in [3.63, 3.8) is 0 Å². The standard InChI is InChI=1S/C16H23F2NO/c1-4-10-19-15(9-8-12(2)3)13-6-5-7-14(11-13)20-16(17)18/h5-7,11,15-16,19H,2,4,8-10H2,1,3H3. The Morgan fingerprint density at radius 2 is 2.15 bits per heavy atom. The van der Waals surface area contributed by atoms with Crippen molar-refractivity contribution < 1.29 is 13.5 Å². The van der Waals surface area contributed by atoms with Crippen LogP contribution in [0.5, 0.6) is 5.75 Å². The number of halogens is 2. The minimum Gasteiger partial charge on any atom is -0.435 e. The summed E-state index contributed by atoms with van der Waals surface area (Å²) in [6.45, 7) is 6.10. The molecule has 0 heterocycles. The van der Waals surface area contributed by atoms with Gasteiger partial charge in [0.25, 0.3) is 0 Å². The smallest absolute Gasteiger partial charge is 0.387 e. The Balaban J connectivity index is 2.79. The van der Waals surface area contributed by atoms with Crippen molar-refractivity contribution in [2.75, 3.05) is 6.54 Å². The summed E-state index contributed by atoms with van der Waals surface area (Å²) in [7, 11) is 0. The number of hydrogen-bond donors (Lipinski definition) is 1. The molecule has 1 unspecified atom stereocenters. The highest BCUT2D eigenvalue weighted by Crippen LogP contribution is 2.25. The van der Waals surface area contributed by atoms with Crippen LogP contribution < -0.4 is 10.1 Å². The summed E-state index contributed by atoms with van der Waals surface area (Å²) >= 11 is 0. The maximum absolute atomic E-state index is 12.3. The first-order valence-corrected chi connectivity index (χ1v) is 6.95. The van der Waals surface area contributed by atoms with E-state index in [-0.39, 0.29) is 11.8 Å². The van der Waals surface area contributed by atoms with E-state index in [1.165, 1.54) is 0 Å². The van der Waals surface area contributed by atoms with Crippen LogP contribution in [0.15, 0.2) is 36.4 Å². The molecule has 1 rings (SSSR count). The van der Waals surface area contributed by atoms with Crippen molar-refractivity contribution in [3.8, 4) is 5.75 Å². The Labute approximate surface area is 119 Å². The number of alkyl halides is 2. The molecule has 0 aliphatic rings. The van der Waals surface area contributed by atoms with Gasteiger partial charge in [0, 0.05) is 6.04 Å². The fraction of sp³-hybridized carbons (Fsp3) is 0.500. The Morgan fingerprint density at radius 3 is 2.75 bits per heavy atom. The van der Waals surface area contributed by atoms with Crippen molar-refractivity contribution in [3.05, 3.63) is 42.0 Å². The molecule has 0 saturated heterocycles. The monoisotopic (exact) mass is 283 g/mol. The summed E-state index contributed by atoms with van der Waals surface area (Å²) in [5.41, 5.74) is 2.09. The summed E-state index contributed by atoms with van der Waals surface area (Å²) < 4.78 is 29.0. The highest BCUT2D eigenvalue weighted by molar-refractivity contribution is 5.30. The lowest BCUT2D eigenvalue weighted by Gasteiger charge is -2.20. The van der Waals surface area contributed by atoms with Gasteiger partial charge in [-0.2, -0.15) is 8.78 Å². The molecule has 0 spiro atoms. The van der Waals surface area contributed by atoms with Gasteiger partial charge in [-0.05, 0) is 50.4 Å². The molecular weight excluding hydrogens is 260 g/mol. The normalized spacial score (nSPS) is 12.4. The topological polar surface area (TPSA) is 21.3 Å². The minimum absolute atomic E-state index is 0.132. The molecule has 1 aromatic rings. The van der Waals surface area contributed by atoms with E-state index in [0.29, 0.717) is 0 Å². The summed E-state index contributed by atoms with van der Waals surface area (Å²) in [6.07, 6.45) is 2.82. The zero-order valence-corrected chi connectivity index (χ0v) is 12.2. The van der Waals surface area contributed by atoms with Gasteiger partial charge in [0.1, 0.15) is 5.75 Å². The molecule has 20 heavy (non-hydrogen) atoms. The van der Waals surface area contributed by atoms with Crippen molar-refractivity contribution in [2.24, 2.45) is 0 Å². The highest BCUT2D eigenvalue weighted by Gasteiger charge is 2.12. The van der Waals surface area contributed by atoms with Gasteiger partial charge >= 0.3 is 6.61 Å². The van der Waals surface area contributed by atoms with Gasteiger partial charge in [-0.1, -0.05) is 24.6 Å². The SMILES string of the molecule is C=C(C)CCC(NCCC)c1cccc(OC(F)F)c1. The predicted octanol–water partition coefficient (Wildman–Crippen LogP) is 4.69. The molecule has 2 nitrogen and oxygen atoms in total. The summed E-state index contributed by atoms with van der Waals surface area (Å²) in [5.74, 6) is 0.205. The molecular formula is C16H23F2NO. The van der Waals surface area contributed by atoms with Crippen LogP contribution in [-0.2, 0) is 0 Å². The molecule has 0 saturated carbocycles. The Hall–Kier alpha value is -1.42. The largest absolute Gasteiger partial charge is 0.435 e. The van der Waals surface area contributed by atoms with E-state index in [1.807, 2.05) is 13.0 Å². The van der Waals surface area contributed by atoms with Gasteiger partial charge in [-0.25, -0.2) is 0 Å². The van der Waals surface area contributed by atoms with Crippen LogP contribution in [0.4, 0.5) is 8.78 Å². The summed E-state index contributed by atoms with van der Waals surface area (Å²) in [4.78, 5) is 0. The van der Waals surface area contributed by atoms with Crippen LogP contribution in [-0.4, -0.2) is 13.2 Å². The van der Waals surface area contributed by atoms with E-state index in [1.54, 1.807) is 18.2 Å². The average molecular weight is 283 g/mol. The van der Waals surface area contributed by atoms with Crippen molar-refractivity contribution in [1.29, 1.82) is 0 Å². The molecule has 112 valence electrons. The minimum atomic E-state index is -2.79. The predicted molar refractivity (Wildman–Crippen MR) is 78.2 cm³/mol. The van der Waals surface area contributed by atoms with Crippen LogP contribution in [0.1, 0.15) is 44.7 Å². The Kier molecular flexibility index (Phi) is 7.23. The van der Waals surface area contributed by atoms with Crippen LogP contribution in [0.2, 0.25) is 0 Å². The average Bonchev–Trinajstić information content (AvgIpc) is 2.38. The summed E-state index contributed by atoms with van der Waals surface area (Å²) in [6, 6.07) is 7.04. The van der Waals surface area contributed by atoms with Gasteiger partial charge in [0.05, 0.1) is 0 Å². The van der Waals surface area contributed by atoms with Gasteiger partial charge in [-0.15, -0.1) is 6.58 Å². The Bertz CT molecular complexity index is 421. The van der Waals surface area contributed by atoms with Gasteiger partial charge in [-0.3, -0.25) is 0 Å². The molecule has 1 atom stereocenters. The molecule has 0 bridgehead atoms. The third kappa shape index (κ3) is 6.15. The van der Waals surface area contributed by atoms with E-state index < -0.39 is 6.61 Å². The second-order valence-electron chi connectivity index (χ2n) is 4.95. The molecule has 0 aliphatic heterocycles. The van der Waals surface area contributed by atoms with E-state index in [4.69, 9.17) is 0 Å². The molecule has 0 fully saturated rings. The zero-order chi connectivity index (χ0) is 15.0. The first-order chi connectivity index (χ1) is 9.52. The molecule has 0 aromatic heterocycles. The number of rotatable bonds is 9. The van der Waals surface area contributed by atoms with E-state index >= 15 is 0 Å². The molecule has 4 heteroatoms. The van der Waals surface area contributed by atoms with Gasteiger partial charge in [0.15, 0.2) is 0 Å². The lowest BCUT2D eigenvalue weighted by molar-refractivity contribution is -0.0499. The maximum atomic E-state index is 12.3. The molecule has 1 N–H and O–H groups in total. The fourth-order valence-electron chi connectivity index (χ4n) is 2.00. The van der Waals surface area contributed by atoms with Crippen molar-refractivity contribution >= 4 is 0 Å². The van der Waals surface area contributed by atoms with Gasteiger partial charge < -0.3 is 10.1 Å². The first-order valence-electron chi connectivity index (χ1n) is 6.95. The van der Waals surface area contributed by atoms with E-state index in [2.05, 4.69) is 23.6 Å². The lowest BCUT2D eigenvalue weighted by atomic mass is 9.99. The van der Waals surface area contributed by atoms with Crippen LogP contribution >= 0.6 is 0 Å². The van der Waals surface area contributed by atoms with Gasteiger partial charge in [0.2, 0.25) is 0 Å².